The van der Waals surface area contributed by atoms with Crippen LogP contribution in [0.5, 0.6) is 0 Å². The average Bonchev–Trinajstić information content (AvgIpc) is 2.59. The van der Waals surface area contributed by atoms with E-state index in [9.17, 15) is 9.50 Å². The maximum Gasteiger partial charge on any atom is 0.141 e. The molecule has 2 nitrogen and oxygen atoms in total. The normalized spacial score (nSPS) is 29.7. The molecular weight excluding hydrogens is 265 g/mol. The van der Waals surface area contributed by atoms with Gasteiger partial charge in [0.25, 0.3) is 0 Å². The summed E-state index contributed by atoms with van der Waals surface area (Å²) in [5.74, 6) is -0.417. The standard InChI is InChI=1S/C15H21ClFNO/c1-14(2)5-6-15(9-18,13(14)19)8-10-3-4-12(17)11(16)7-10/h3-4,7,13,19H,5-6,8-9,18H2,1-2H3. The molecule has 2 rings (SSSR count). The van der Waals surface area contributed by atoms with E-state index in [4.69, 9.17) is 17.3 Å². The third-order valence-electron chi connectivity index (χ3n) is 4.53. The monoisotopic (exact) mass is 285 g/mol. The van der Waals surface area contributed by atoms with E-state index in [2.05, 4.69) is 13.8 Å². The zero-order chi connectivity index (χ0) is 14.3. The highest BCUT2D eigenvalue weighted by Crippen LogP contribution is 2.50. The Labute approximate surface area is 118 Å². The number of rotatable bonds is 3. The van der Waals surface area contributed by atoms with E-state index >= 15 is 0 Å². The summed E-state index contributed by atoms with van der Waals surface area (Å²) in [7, 11) is 0. The lowest BCUT2D eigenvalue weighted by molar-refractivity contribution is -0.00464. The van der Waals surface area contributed by atoms with Gasteiger partial charge in [0.15, 0.2) is 0 Å². The number of hydrogen-bond acceptors (Lipinski definition) is 2. The molecule has 0 aliphatic heterocycles. The van der Waals surface area contributed by atoms with E-state index in [0.717, 1.165) is 18.4 Å². The molecule has 0 aromatic heterocycles. The molecule has 3 N–H and O–H groups in total. The second-order valence-electron chi connectivity index (χ2n) is 6.38. The Balaban J connectivity index is 2.27. The van der Waals surface area contributed by atoms with Crippen LogP contribution in [0.2, 0.25) is 5.02 Å². The van der Waals surface area contributed by atoms with Crippen LogP contribution in [-0.2, 0) is 6.42 Å². The third kappa shape index (κ3) is 2.64. The van der Waals surface area contributed by atoms with Gasteiger partial charge in [-0.05, 0) is 42.4 Å². The fourth-order valence-corrected chi connectivity index (χ4v) is 3.40. The number of benzene rings is 1. The SMILES string of the molecule is CC1(C)CCC(CN)(Cc2ccc(F)c(Cl)c2)C1O. The summed E-state index contributed by atoms with van der Waals surface area (Å²) >= 11 is 5.81. The smallest absolute Gasteiger partial charge is 0.141 e. The molecule has 0 heterocycles. The number of nitrogens with two attached hydrogens (primary N) is 1. The average molecular weight is 286 g/mol. The summed E-state index contributed by atoms with van der Waals surface area (Å²) in [6.07, 6.45) is 2.01. The molecule has 1 fully saturated rings. The van der Waals surface area contributed by atoms with Crippen molar-refractivity contribution in [2.24, 2.45) is 16.6 Å². The van der Waals surface area contributed by atoms with Gasteiger partial charge < -0.3 is 10.8 Å². The van der Waals surface area contributed by atoms with Gasteiger partial charge in [-0.2, -0.15) is 0 Å². The highest BCUT2D eigenvalue weighted by Gasteiger charge is 2.50. The lowest BCUT2D eigenvalue weighted by Gasteiger charge is -2.36. The summed E-state index contributed by atoms with van der Waals surface area (Å²) < 4.78 is 13.2. The molecule has 1 aliphatic carbocycles. The van der Waals surface area contributed by atoms with Crippen molar-refractivity contribution in [3.8, 4) is 0 Å². The first-order chi connectivity index (χ1) is 8.81. The molecule has 1 aromatic rings. The Morgan fingerprint density at radius 2 is 2.11 bits per heavy atom. The minimum Gasteiger partial charge on any atom is -0.392 e. The number of hydrogen-bond donors (Lipinski definition) is 2. The Morgan fingerprint density at radius 1 is 1.42 bits per heavy atom. The molecule has 2 atom stereocenters. The lowest BCUT2D eigenvalue weighted by Crippen LogP contribution is -2.44. The van der Waals surface area contributed by atoms with Crippen molar-refractivity contribution < 1.29 is 9.50 Å². The van der Waals surface area contributed by atoms with Crippen molar-refractivity contribution in [1.82, 2.24) is 0 Å². The minimum absolute atomic E-state index is 0.122. The van der Waals surface area contributed by atoms with Crippen LogP contribution in [-0.4, -0.2) is 17.8 Å². The summed E-state index contributed by atoms with van der Waals surface area (Å²) in [5.41, 5.74) is 6.40. The molecule has 4 heteroatoms. The molecule has 2 unspecified atom stereocenters. The summed E-state index contributed by atoms with van der Waals surface area (Å²) in [5, 5.41) is 10.7. The number of aliphatic hydroxyl groups excluding tert-OH is 1. The number of aliphatic hydroxyl groups is 1. The highest BCUT2D eigenvalue weighted by molar-refractivity contribution is 6.30. The molecule has 19 heavy (non-hydrogen) atoms. The minimum atomic E-state index is -0.450. The highest BCUT2D eigenvalue weighted by atomic mass is 35.5. The Bertz CT molecular complexity index is 477. The van der Waals surface area contributed by atoms with Crippen LogP contribution >= 0.6 is 11.6 Å². The van der Waals surface area contributed by atoms with Gasteiger partial charge in [0.05, 0.1) is 11.1 Å². The Morgan fingerprint density at radius 3 is 2.58 bits per heavy atom. The van der Waals surface area contributed by atoms with Crippen molar-refractivity contribution in [2.45, 2.75) is 39.2 Å². The van der Waals surface area contributed by atoms with Crippen LogP contribution < -0.4 is 5.73 Å². The first kappa shape index (κ1) is 14.8. The largest absolute Gasteiger partial charge is 0.392 e. The predicted molar refractivity (Wildman–Crippen MR) is 75.6 cm³/mol. The molecule has 0 radical (unpaired) electrons. The van der Waals surface area contributed by atoms with Crippen molar-refractivity contribution in [2.75, 3.05) is 6.54 Å². The van der Waals surface area contributed by atoms with Gasteiger partial charge in [0, 0.05) is 12.0 Å². The first-order valence-electron chi connectivity index (χ1n) is 6.63. The van der Waals surface area contributed by atoms with E-state index in [-0.39, 0.29) is 15.9 Å². The van der Waals surface area contributed by atoms with Crippen molar-refractivity contribution >= 4 is 11.6 Å². The molecule has 0 amide bonds. The maximum absolute atomic E-state index is 13.2. The second kappa shape index (κ2) is 5.04. The van der Waals surface area contributed by atoms with Crippen molar-refractivity contribution in [3.63, 3.8) is 0 Å². The van der Waals surface area contributed by atoms with Crippen LogP contribution in [0.1, 0.15) is 32.3 Å². The molecule has 1 saturated carbocycles. The molecule has 0 bridgehead atoms. The maximum atomic E-state index is 13.2. The fourth-order valence-electron chi connectivity index (χ4n) is 3.20. The third-order valence-corrected chi connectivity index (χ3v) is 4.82. The fraction of sp³-hybridized carbons (Fsp3) is 0.600. The summed E-state index contributed by atoms with van der Waals surface area (Å²) in [4.78, 5) is 0. The van der Waals surface area contributed by atoms with Crippen LogP contribution in [0.15, 0.2) is 18.2 Å². The van der Waals surface area contributed by atoms with Gasteiger partial charge >= 0.3 is 0 Å². The summed E-state index contributed by atoms with van der Waals surface area (Å²) in [6.45, 7) is 4.55. The Hall–Kier alpha value is -0.640. The zero-order valence-electron chi connectivity index (χ0n) is 11.4. The topological polar surface area (TPSA) is 46.2 Å². The van der Waals surface area contributed by atoms with Gasteiger partial charge in [-0.3, -0.25) is 0 Å². The Kier molecular flexibility index (Phi) is 3.92. The number of halogens is 2. The van der Waals surface area contributed by atoms with Crippen molar-refractivity contribution in [3.05, 3.63) is 34.6 Å². The van der Waals surface area contributed by atoms with Crippen LogP contribution in [0.4, 0.5) is 4.39 Å². The van der Waals surface area contributed by atoms with Gasteiger partial charge in [-0.1, -0.05) is 31.5 Å². The lowest BCUT2D eigenvalue weighted by atomic mass is 9.74. The van der Waals surface area contributed by atoms with E-state index in [1.165, 1.54) is 6.07 Å². The van der Waals surface area contributed by atoms with Crippen LogP contribution in [0, 0.1) is 16.6 Å². The molecule has 0 saturated heterocycles. The van der Waals surface area contributed by atoms with E-state index in [0.29, 0.717) is 13.0 Å². The molecule has 1 aliphatic rings. The van der Waals surface area contributed by atoms with E-state index in [1.54, 1.807) is 12.1 Å². The van der Waals surface area contributed by atoms with Gasteiger partial charge in [0.1, 0.15) is 5.82 Å². The molecule has 1 aromatic carbocycles. The molecular formula is C15H21ClFNO. The molecule has 0 spiro atoms. The second-order valence-corrected chi connectivity index (χ2v) is 6.79. The van der Waals surface area contributed by atoms with Gasteiger partial charge in [0.2, 0.25) is 0 Å². The van der Waals surface area contributed by atoms with Crippen molar-refractivity contribution in [1.29, 1.82) is 0 Å². The molecule has 106 valence electrons. The van der Waals surface area contributed by atoms with Crippen LogP contribution in [0.25, 0.3) is 0 Å². The zero-order valence-corrected chi connectivity index (χ0v) is 12.2. The predicted octanol–water partition coefficient (Wildman–Crippen LogP) is 3.15. The van der Waals surface area contributed by atoms with Crippen LogP contribution in [0.3, 0.4) is 0 Å². The first-order valence-corrected chi connectivity index (χ1v) is 7.01. The van der Waals surface area contributed by atoms with Gasteiger partial charge in [-0.15, -0.1) is 0 Å². The van der Waals surface area contributed by atoms with E-state index < -0.39 is 11.9 Å². The van der Waals surface area contributed by atoms with E-state index in [1.807, 2.05) is 0 Å². The summed E-state index contributed by atoms with van der Waals surface area (Å²) in [6, 6.07) is 4.72. The van der Waals surface area contributed by atoms with Gasteiger partial charge in [-0.25, -0.2) is 4.39 Å². The quantitative estimate of drug-likeness (QED) is 0.896.